The number of carbonyl (C=O) groups is 2. The average molecular weight is 515 g/mol. The molecule has 0 aliphatic rings. The van der Waals surface area contributed by atoms with Crippen LogP contribution in [-0.2, 0) is 27.3 Å². The Bertz CT molecular complexity index is 1330. The van der Waals surface area contributed by atoms with E-state index >= 15 is 0 Å². The zero-order valence-corrected chi connectivity index (χ0v) is 20.2. The van der Waals surface area contributed by atoms with Crippen molar-refractivity contribution >= 4 is 33.4 Å². The molecule has 0 unspecified atom stereocenters. The van der Waals surface area contributed by atoms with E-state index in [9.17, 15) is 9.59 Å². The van der Waals surface area contributed by atoms with E-state index in [1.54, 1.807) is 46.6 Å². The lowest BCUT2D eigenvalue weighted by Gasteiger charge is -2.08. The summed E-state index contributed by atoms with van der Waals surface area (Å²) in [6, 6.07) is 1.61. The van der Waals surface area contributed by atoms with E-state index in [1.807, 2.05) is 20.0 Å². The summed E-state index contributed by atoms with van der Waals surface area (Å²) in [6.45, 7) is 4.52. The van der Waals surface area contributed by atoms with Gasteiger partial charge in [-0.05, 0) is 35.8 Å². The molecule has 13 heteroatoms. The third kappa shape index (κ3) is 4.72. The van der Waals surface area contributed by atoms with Crippen molar-refractivity contribution in [3.8, 4) is 0 Å². The van der Waals surface area contributed by atoms with Gasteiger partial charge >= 0.3 is 0 Å². The summed E-state index contributed by atoms with van der Waals surface area (Å²) in [7, 11) is 3.44. The van der Waals surface area contributed by atoms with Crippen LogP contribution in [0.3, 0.4) is 0 Å². The van der Waals surface area contributed by atoms with Crippen LogP contribution < -0.4 is 10.6 Å². The summed E-state index contributed by atoms with van der Waals surface area (Å²) in [5.41, 5.74) is 3.44. The molecule has 4 aromatic rings. The summed E-state index contributed by atoms with van der Waals surface area (Å²) in [5.74, 6) is -0.813. The highest BCUT2D eigenvalue weighted by Crippen LogP contribution is 2.20. The first-order valence-electron chi connectivity index (χ1n) is 10.0. The number of halogens is 1. The third-order valence-corrected chi connectivity index (χ3v) is 6.21. The van der Waals surface area contributed by atoms with E-state index in [0.29, 0.717) is 18.9 Å². The summed E-state index contributed by atoms with van der Waals surface area (Å²) in [5, 5.41) is 22.5. The molecule has 4 rings (SSSR count). The summed E-state index contributed by atoms with van der Waals surface area (Å²) < 4.78 is 7.42. The number of amides is 2. The lowest BCUT2D eigenvalue weighted by Crippen LogP contribution is -2.26. The van der Waals surface area contributed by atoms with Gasteiger partial charge in [-0.1, -0.05) is 0 Å². The molecule has 0 atom stereocenters. The highest BCUT2D eigenvalue weighted by atomic mass is 79.9. The van der Waals surface area contributed by atoms with E-state index in [1.165, 1.54) is 10.9 Å². The maximum absolute atomic E-state index is 12.8. The molecule has 0 bridgehead atoms. The van der Waals surface area contributed by atoms with Gasteiger partial charge in [0.1, 0.15) is 12.4 Å². The predicted octanol–water partition coefficient (Wildman–Crippen LogP) is 1.61. The zero-order chi connectivity index (χ0) is 23.7. The maximum Gasteiger partial charge on any atom is 0.276 e. The average Bonchev–Trinajstić information content (AvgIpc) is 3.54. The van der Waals surface area contributed by atoms with Gasteiger partial charge in [0.15, 0.2) is 5.69 Å². The smallest absolute Gasteiger partial charge is 0.276 e. The van der Waals surface area contributed by atoms with Crippen molar-refractivity contribution in [3.63, 3.8) is 0 Å². The number of aromatic nitrogens is 8. The standard InChI is InChI=1S/C20H23BrN10O2/c1-12-17(21)13(2)31(26-12)11-30-6-5-15(27-30)19(32)25-16-9-24-29(4)18(16)20(33)22-7-14-8-23-28(3)10-14/h5-6,8-10H,7,11H2,1-4H3,(H,22,33)(H,25,32). The van der Waals surface area contributed by atoms with Gasteiger partial charge in [-0.25, -0.2) is 4.68 Å². The van der Waals surface area contributed by atoms with Gasteiger partial charge in [-0.3, -0.25) is 23.6 Å². The van der Waals surface area contributed by atoms with Crippen LogP contribution in [0, 0.1) is 13.8 Å². The Morgan fingerprint density at radius 2 is 1.88 bits per heavy atom. The zero-order valence-electron chi connectivity index (χ0n) is 18.6. The number of hydrogen-bond acceptors (Lipinski definition) is 6. The molecule has 0 aliphatic heterocycles. The molecule has 0 spiro atoms. The Morgan fingerprint density at radius 3 is 2.55 bits per heavy atom. The second-order valence-electron chi connectivity index (χ2n) is 7.56. The van der Waals surface area contributed by atoms with E-state index in [2.05, 4.69) is 47.0 Å². The second kappa shape index (κ2) is 9.02. The molecule has 0 aromatic carbocycles. The van der Waals surface area contributed by atoms with Crippen LogP contribution in [0.15, 0.2) is 35.3 Å². The number of hydrogen-bond donors (Lipinski definition) is 2. The van der Waals surface area contributed by atoms with Crippen molar-refractivity contribution in [3.05, 3.63) is 63.7 Å². The topological polar surface area (TPSA) is 129 Å². The number of aryl methyl sites for hydroxylation is 3. The van der Waals surface area contributed by atoms with Gasteiger partial charge in [-0.15, -0.1) is 0 Å². The Morgan fingerprint density at radius 1 is 1.09 bits per heavy atom. The SMILES string of the molecule is Cc1nn(Cn2ccc(C(=O)Nc3cnn(C)c3C(=O)NCc3cnn(C)c3)n2)c(C)c1Br. The number of nitrogens with zero attached hydrogens (tertiary/aromatic N) is 8. The molecule has 172 valence electrons. The normalized spacial score (nSPS) is 11.1. The molecule has 0 saturated carbocycles. The molecular formula is C20H23BrN10O2. The van der Waals surface area contributed by atoms with E-state index in [0.717, 1.165) is 21.4 Å². The molecule has 4 aromatic heterocycles. The van der Waals surface area contributed by atoms with Crippen molar-refractivity contribution in [2.75, 3.05) is 5.32 Å². The molecular weight excluding hydrogens is 492 g/mol. The third-order valence-electron chi connectivity index (χ3n) is 5.06. The lowest BCUT2D eigenvalue weighted by molar-refractivity contribution is 0.0942. The van der Waals surface area contributed by atoms with Crippen LogP contribution in [-0.4, -0.2) is 50.9 Å². The van der Waals surface area contributed by atoms with E-state index < -0.39 is 5.91 Å². The van der Waals surface area contributed by atoms with Gasteiger partial charge in [0.2, 0.25) is 0 Å². The molecule has 12 nitrogen and oxygen atoms in total. The molecule has 0 saturated heterocycles. The molecule has 2 amide bonds. The first-order chi connectivity index (χ1) is 15.7. The van der Waals surface area contributed by atoms with Crippen molar-refractivity contribution in [2.45, 2.75) is 27.1 Å². The van der Waals surface area contributed by atoms with Crippen molar-refractivity contribution < 1.29 is 9.59 Å². The minimum atomic E-state index is -0.447. The van der Waals surface area contributed by atoms with Gasteiger partial charge in [0, 0.05) is 38.6 Å². The van der Waals surface area contributed by atoms with Gasteiger partial charge in [-0.2, -0.15) is 20.4 Å². The summed E-state index contributed by atoms with van der Waals surface area (Å²) in [4.78, 5) is 25.5. The number of carbonyl (C=O) groups excluding carboxylic acids is 2. The minimum absolute atomic E-state index is 0.209. The minimum Gasteiger partial charge on any atom is -0.346 e. The molecule has 0 aliphatic carbocycles. The highest BCUT2D eigenvalue weighted by molar-refractivity contribution is 9.10. The molecule has 0 fully saturated rings. The fraction of sp³-hybridized carbons (Fsp3) is 0.300. The molecule has 0 radical (unpaired) electrons. The van der Waals surface area contributed by atoms with Crippen LogP contribution in [0.5, 0.6) is 0 Å². The Labute approximate surface area is 197 Å². The van der Waals surface area contributed by atoms with Gasteiger partial charge in [0.25, 0.3) is 11.8 Å². The monoisotopic (exact) mass is 514 g/mol. The Balaban J connectivity index is 1.44. The summed E-state index contributed by atoms with van der Waals surface area (Å²) >= 11 is 3.50. The second-order valence-corrected chi connectivity index (χ2v) is 8.35. The van der Waals surface area contributed by atoms with E-state index in [4.69, 9.17) is 0 Å². The van der Waals surface area contributed by atoms with Crippen LogP contribution in [0.4, 0.5) is 5.69 Å². The quantitative estimate of drug-likeness (QED) is 0.385. The predicted molar refractivity (Wildman–Crippen MR) is 123 cm³/mol. The van der Waals surface area contributed by atoms with Gasteiger partial charge < -0.3 is 10.6 Å². The lowest BCUT2D eigenvalue weighted by atomic mass is 10.3. The Kier molecular flexibility index (Phi) is 6.14. The number of nitrogens with one attached hydrogen (secondary N) is 2. The van der Waals surface area contributed by atoms with Crippen LogP contribution in [0.2, 0.25) is 0 Å². The fourth-order valence-electron chi connectivity index (χ4n) is 3.33. The van der Waals surface area contributed by atoms with Gasteiger partial charge in [0.05, 0.1) is 33.9 Å². The number of rotatable bonds is 7. The van der Waals surface area contributed by atoms with Crippen molar-refractivity contribution in [1.29, 1.82) is 0 Å². The first-order valence-corrected chi connectivity index (χ1v) is 10.8. The highest BCUT2D eigenvalue weighted by Gasteiger charge is 2.20. The van der Waals surface area contributed by atoms with E-state index in [-0.39, 0.29) is 17.3 Å². The Hall–Kier alpha value is -3.74. The van der Waals surface area contributed by atoms with Crippen LogP contribution >= 0.6 is 15.9 Å². The molecule has 4 heterocycles. The van der Waals surface area contributed by atoms with Crippen molar-refractivity contribution in [1.82, 2.24) is 44.4 Å². The largest absolute Gasteiger partial charge is 0.346 e. The summed E-state index contributed by atoms with van der Waals surface area (Å²) in [6.07, 6.45) is 6.62. The number of anilines is 1. The van der Waals surface area contributed by atoms with Crippen LogP contribution in [0.25, 0.3) is 0 Å². The molecule has 2 N–H and O–H groups in total. The molecule has 33 heavy (non-hydrogen) atoms. The fourth-order valence-corrected chi connectivity index (χ4v) is 3.61. The maximum atomic E-state index is 12.8. The van der Waals surface area contributed by atoms with Crippen LogP contribution in [0.1, 0.15) is 37.9 Å². The first kappa shape index (κ1) is 22.5. The van der Waals surface area contributed by atoms with Crippen molar-refractivity contribution in [2.24, 2.45) is 14.1 Å².